The van der Waals surface area contributed by atoms with Gasteiger partial charge in [-0.1, -0.05) is 108 Å². The summed E-state index contributed by atoms with van der Waals surface area (Å²) >= 11 is 0. The molecule has 0 amide bonds. The molecule has 0 spiro atoms. The Balaban J connectivity index is 1.61. The lowest BCUT2D eigenvalue weighted by Crippen LogP contribution is -2.55. The molecule has 0 radical (unpaired) electrons. The summed E-state index contributed by atoms with van der Waals surface area (Å²) in [5.41, 5.74) is 7.10. The molecule has 3 fully saturated rings. The number of ketones is 1. The minimum absolute atomic E-state index is 0.0638. The van der Waals surface area contributed by atoms with Crippen molar-refractivity contribution in [1.82, 2.24) is 10.6 Å². The second-order valence-electron chi connectivity index (χ2n) is 14.5. The van der Waals surface area contributed by atoms with Crippen molar-refractivity contribution in [2.24, 2.45) is 0 Å². The van der Waals surface area contributed by atoms with Crippen molar-refractivity contribution in [2.75, 3.05) is 13.1 Å². The van der Waals surface area contributed by atoms with Crippen LogP contribution in [-0.4, -0.2) is 41.3 Å². The van der Waals surface area contributed by atoms with Gasteiger partial charge in [-0.15, -0.1) is 9.24 Å². The highest BCUT2D eigenvalue weighted by Crippen LogP contribution is 2.65. The fourth-order valence-corrected chi connectivity index (χ4v) is 14.0. The largest absolute Gasteiger partial charge is 0.313 e. The van der Waals surface area contributed by atoms with E-state index in [9.17, 15) is 4.79 Å². The van der Waals surface area contributed by atoms with Gasteiger partial charge in [0, 0.05) is 30.1 Å². The van der Waals surface area contributed by atoms with Crippen molar-refractivity contribution in [1.29, 1.82) is 0 Å². The maximum Gasteiger partial charge on any atom is 0.134 e. The van der Waals surface area contributed by atoms with Crippen LogP contribution in [0, 0.1) is 0 Å². The van der Waals surface area contributed by atoms with E-state index < -0.39 is 7.92 Å². The zero-order valence-corrected chi connectivity index (χ0v) is 28.6. The zero-order valence-electron chi connectivity index (χ0n) is 26.6. The van der Waals surface area contributed by atoms with E-state index >= 15 is 0 Å². The van der Waals surface area contributed by atoms with Crippen LogP contribution in [0.2, 0.25) is 0 Å². The summed E-state index contributed by atoms with van der Waals surface area (Å²) in [5.74, 6) is 0.424. The lowest BCUT2D eigenvalue weighted by atomic mass is 9.80. The number of rotatable bonds is 8. The van der Waals surface area contributed by atoms with Crippen LogP contribution in [0.3, 0.4) is 0 Å². The van der Waals surface area contributed by atoms with Crippen LogP contribution >= 0.6 is 17.2 Å². The van der Waals surface area contributed by atoms with Gasteiger partial charge in [-0.05, 0) is 95.0 Å². The molecular weight excluding hydrogens is 562 g/mol. The molecule has 3 aromatic rings. The van der Waals surface area contributed by atoms with Crippen LogP contribution in [0.4, 0.5) is 0 Å². The van der Waals surface area contributed by atoms with Gasteiger partial charge >= 0.3 is 0 Å². The summed E-state index contributed by atoms with van der Waals surface area (Å²) in [7, 11) is 2.82. The predicted molar refractivity (Wildman–Crippen MR) is 187 cm³/mol. The van der Waals surface area contributed by atoms with Gasteiger partial charge < -0.3 is 10.6 Å². The summed E-state index contributed by atoms with van der Waals surface area (Å²) < 4.78 is 0. The molecular formula is C38H50N2OP2. The average molecular weight is 613 g/mol. The molecule has 0 aliphatic carbocycles. The molecule has 3 aromatic carbocycles. The molecule has 0 saturated carbocycles. The van der Waals surface area contributed by atoms with Gasteiger partial charge in [-0.2, -0.15) is 0 Å². The van der Waals surface area contributed by atoms with Gasteiger partial charge in [0.2, 0.25) is 0 Å². The average Bonchev–Trinajstić information content (AvgIpc) is 3.69. The van der Waals surface area contributed by atoms with Gasteiger partial charge in [-0.25, -0.2) is 0 Å². The molecule has 0 aromatic heterocycles. The third-order valence-corrected chi connectivity index (χ3v) is 14.9. The van der Waals surface area contributed by atoms with Gasteiger partial charge in [-0.3, -0.25) is 4.79 Å². The molecule has 3 saturated heterocycles. The monoisotopic (exact) mass is 612 g/mol. The van der Waals surface area contributed by atoms with Gasteiger partial charge in [0.1, 0.15) is 5.78 Å². The molecule has 3 unspecified atom stereocenters. The van der Waals surface area contributed by atoms with E-state index in [1.165, 1.54) is 58.8 Å². The van der Waals surface area contributed by atoms with Crippen LogP contribution in [-0.2, 0) is 22.8 Å². The maximum absolute atomic E-state index is 13.1. The Labute approximate surface area is 263 Å². The number of carbonyl (C=O) groups is 1. The number of nitrogens with one attached hydrogen (secondary N) is 2. The minimum Gasteiger partial charge on any atom is -0.313 e. The van der Waals surface area contributed by atoms with Crippen molar-refractivity contribution in [2.45, 2.75) is 107 Å². The Morgan fingerprint density at radius 2 is 1.23 bits per heavy atom. The van der Waals surface area contributed by atoms with E-state index in [1.807, 2.05) is 0 Å². The van der Waals surface area contributed by atoms with E-state index in [2.05, 4.69) is 120 Å². The lowest BCUT2D eigenvalue weighted by Gasteiger charge is -2.52. The van der Waals surface area contributed by atoms with Crippen LogP contribution in [0.1, 0.15) is 94.0 Å². The smallest absolute Gasteiger partial charge is 0.134 e. The normalized spacial score (nSPS) is 25.1. The molecule has 2 N–H and O–H groups in total. The SMILES string of the molecule is CC1(C)CC(=O)CC(C)(C)P1c1cc(Cc2ccccc2)c(Cc2ccccc2)cc1C(P)(C1CCCN1)C1CCCN1. The Kier molecular flexibility index (Phi) is 9.03. The quantitative estimate of drug-likeness (QED) is 0.260. The van der Waals surface area contributed by atoms with E-state index in [-0.39, 0.29) is 15.5 Å². The van der Waals surface area contributed by atoms with Gasteiger partial charge in [0.15, 0.2) is 0 Å². The molecule has 3 aliphatic heterocycles. The Morgan fingerprint density at radius 1 is 0.767 bits per heavy atom. The van der Waals surface area contributed by atoms with Crippen LogP contribution in [0.25, 0.3) is 0 Å². The fourth-order valence-electron chi connectivity index (χ4n) is 8.63. The third-order valence-electron chi connectivity index (χ3n) is 10.2. The predicted octanol–water partition coefficient (Wildman–Crippen LogP) is 7.47. The maximum atomic E-state index is 13.1. The first-order valence-electron chi connectivity index (χ1n) is 16.4. The molecule has 43 heavy (non-hydrogen) atoms. The summed E-state index contributed by atoms with van der Waals surface area (Å²) in [5, 5.41) is 9.23. The number of benzene rings is 3. The first-order chi connectivity index (χ1) is 20.6. The molecule has 6 rings (SSSR count). The molecule has 3 nitrogen and oxygen atoms in total. The summed E-state index contributed by atoms with van der Waals surface area (Å²) in [4.78, 5) is 13.1. The van der Waals surface area contributed by atoms with Crippen molar-refractivity contribution in [3.63, 3.8) is 0 Å². The second-order valence-corrected chi connectivity index (χ2v) is 19.1. The van der Waals surface area contributed by atoms with Crippen molar-refractivity contribution < 1.29 is 4.79 Å². The highest BCUT2D eigenvalue weighted by Gasteiger charge is 2.52. The fraction of sp³-hybridized carbons (Fsp3) is 0.500. The lowest BCUT2D eigenvalue weighted by molar-refractivity contribution is -0.120. The Hall–Kier alpha value is -1.89. The van der Waals surface area contributed by atoms with Crippen molar-refractivity contribution >= 4 is 28.2 Å². The second kappa shape index (κ2) is 12.5. The van der Waals surface area contributed by atoms with E-state index in [4.69, 9.17) is 0 Å². The molecule has 5 heteroatoms. The Bertz CT molecular complexity index is 1390. The molecule has 3 atom stereocenters. The summed E-state index contributed by atoms with van der Waals surface area (Å²) in [6.07, 6.45) is 8.05. The van der Waals surface area contributed by atoms with Crippen LogP contribution in [0.5, 0.6) is 0 Å². The number of Topliss-reactive ketones (excluding diaryl/α,β-unsaturated/α-hetero) is 1. The minimum atomic E-state index is -0.646. The van der Waals surface area contributed by atoms with Gasteiger partial charge in [0.05, 0.1) is 0 Å². The molecule has 3 aliphatic rings. The highest BCUT2D eigenvalue weighted by atomic mass is 31.1. The van der Waals surface area contributed by atoms with Crippen molar-refractivity contribution in [3.8, 4) is 0 Å². The van der Waals surface area contributed by atoms with E-state index in [0.717, 1.165) is 25.9 Å². The zero-order chi connectivity index (χ0) is 30.2. The first-order valence-corrected chi connectivity index (χ1v) is 18.3. The number of carbonyl (C=O) groups excluding carboxylic acids is 1. The van der Waals surface area contributed by atoms with Crippen LogP contribution < -0.4 is 15.9 Å². The van der Waals surface area contributed by atoms with E-state index in [0.29, 0.717) is 30.7 Å². The number of hydrogen-bond acceptors (Lipinski definition) is 3. The molecule has 228 valence electrons. The number of hydrogen-bond donors (Lipinski definition) is 2. The summed E-state index contributed by atoms with van der Waals surface area (Å²) in [6.45, 7) is 11.7. The van der Waals surface area contributed by atoms with Crippen LogP contribution in [0.15, 0.2) is 72.8 Å². The van der Waals surface area contributed by atoms with E-state index in [1.54, 1.807) is 0 Å². The van der Waals surface area contributed by atoms with Gasteiger partial charge in [0.25, 0.3) is 0 Å². The Morgan fingerprint density at radius 3 is 1.67 bits per heavy atom. The first kappa shape index (κ1) is 31.1. The highest BCUT2D eigenvalue weighted by molar-refractivity contribution is 7.69. The molecule has 0 bridgehead atoms. The topological polar surface area (TPSA) is 41.1 Å². The third kappa shape index (κ3) is 6.31. The summed E-state index contributed by atoms with van der Waals surface area (Å²) in [6, 6.07) is 28.0. The standard InChI is InChI=1S/C38H50N2OP2/c1-36(2)25-31(41)26-37(3,4)43(36)33-24-30(22-28-15-9-6-10-16-28)29(21-27-13-7-5-8-14-27)23-32(33)38(42,34-17-11-19-39-34)35-18-12-20-40-35/h5-10,13-16,23-24,34-35,39-40H,11-12,17-22,25-26,42H2,1-4H3. The molecule has 3 heterocycles. The van der Waals surface area contributed by atoms with Crippen molar-refractivity contribution in [3.05, 3.63) is 101 Å².